The van der Waals surface area contributed by atoms with Gasteiger partial charge in [-0.1, -0.05) is 31.2 Å². The van der Waals surface area contributed by atoms with E-state index in [0.29, 0.717) is 12.5 Å². The van der Waals surface area contributed by atoms with Crippen molar-refractivity contribution < 1.29 is 4.79 Å². The van der Waals surface area contributed by atoms with Crippen molar-refractivity contribution in [1.29, 1.82) is 0 Å². The fourth-order valence-corrected chi connectivity index (χ4v) is 3.35. The van der Waals surface area contributed by atoms with Crippen molar-refractivity contribution >= 4 is 30.1 Å². The molecule has 1 heterocycles. The lowest BCUT2D eigenvalue weighted by molar-refractivity contribution is -0.122. The van der Waals surface area contributed by atoms with E-state index in [-0.39, 0.29) is 24.4 Å². The minimum Gasteiger partial charge on any atom is -0.350 e. The molecule has 0 aliphatic carbocycles. The van der Waals surface area contributed by atoms with Crippen molar-refractivity contribution in [3.05, 3.63) is 35.4 Å². The number of benzene rings is 1. The van der Waals surface area contributed by atoms with Crippen LogP contribution in [0.15, 0.2) is 24.3 Å². The van der Waals surface area contributed by atoms with Crippen LogP contribution in [0.1, 0.15) is 37.4 Å². The number of nitrogens with one attached hydrogen (secondary N) is 2. The van der Waals surface area contributed by atoms with Crippen LogP contribution in [0.25, 0.3) is 0 Å². The van der Waals surface area contributed by atoms with Crippen molar-refractivity contribution in [3.8, 4) is 0 Å². The lowest BCUT2D eigenvalue weighted by Crippen LogP contribution is -2.41. The van der Waals surface area contributed by atoms with Crippen molar-refractivity contribution in [2.75, 3.05) is 18.1 Å². The summed E-state index contributed by atoms with van der Waals surface area (Å²) < 4.78 is 0. The van der Waals surface area contributed by atoms with Gasteiger partial charge in [-0.25, -0.2) is 0 Å². The quantitative estimate of drug-likeness (QED) is 0.873. The van der Waals surface area contributed by atoms with Crippen molar-refractivity contribution in [3.63, 3.8) is 0 Å². The number of hydrogen-bond donors (Lipinski definition) is 2. The lowest BCUT2D eigenvalue weighted by atomic mass is 10.0. The molecule has 1 aromatic rings. The fraction of sp³-hybridized carbons (Fsp3) is 0.562. The Morgan fingerprint density at radius 2 is 2.14 bits per heavy atom. The molecular weight excluding hydrogens is 304 g/mol. The van der Waals surface area contributed by atoms with E-state index >= 15 is 0 Å². The first-order chi connectivity index (χ1) is 9.69. The van der Waals surface area contributed by atoms with Gasteiger partial charge in [0.05, 0.1) is 6.04 Å². The highest BCUT2D eigenvalue weighted by Crippen LogP contribution is 2.15. The Labute approximate surface area is 138 Å². The van der Waals surface area contributed by atoms with Gasteiger partial charge in [0.15, 0.2) is 0 Å². The molecule has 1 aliphatic heterocycles. The Morgan fingerprint density at radius 1 is 1.43 bits per heavy atom. The molecule has 118 valence electrons. The summed E-state index contributed by atoms with van der Waals surface area (Å²) in [5, 5.41) is 6.49. The molecule has 2 N–H and O–H groups in total. The normalized spacial score (nSPS) is 19.4. The first-order valence-electron chi connectivity index (χ1n) is 7.38. The number of halogens is 1. The summed E-state index contributed by atoms with van der Waals surface area (Å²) in [5.74, 6) is 2.32. The van der Waals surface area contributed by atoms with Gasteiger partial charge in [-0.3, -0.25) is 4.79 Å². The first kappa shape index (κ1) is 18.3. The zero-order valence-corrected chi connectivity index (χ0v) is 14.4. The van der Waals surface area contributed by atoms with Crippen LogP contribution in [0.5, 0.6) is 0 Å². The standard InChI is InChI=1S/C16H24N2OS.ClH/c1-3-13-4-6-14(7-5-13)12(2)18-16(19)10-15-11-20-9-8-17-15;/h4-7,12,15,17H,3,8-11H2,1-2H3,(H,18,19);1H. The molecule has 2 atom stereocenters. The van der Waals surface area contributed by atoms with Crippen LogP contribution < -0.4 is 10.6 Å². The highest BCUT2D eigenvalue weighted by molar-refractivity contribution is 7.99. The molecule has 2 unspecified atom stereocenters. The van der Waals surface area contributed by atoms with Crippen molar-refractivity contribution in [1.82, 2.24) is 10.6 Å². The average Bonchev–Trinajstić information content (AvgIpc) is 2.48. The number of hydrogen-bond acceptors (Lipinski definition) is 3. The topological polar surface area (TPSA) is 41.1 Å². The van der Waals surface area contributed by atoms with E-state index in [1.807, 2.05) is 18.7 Å². The van der Waals surface area contributed by atoms with E-state index in [9.17, 15) is 4.79 Å². The predicted molar refractivity (Wildman–Crippen MR) is 93.4 cm³/mol. The monoisotopic (exact) mass is 328 g/mol. The van der Waals surface area contributed by atoms with Gasteiger partial charge in [-0.2, -0.15) is 11.8 Å². The molecule has 0 radical (unpaired) electrons. The second-order valence-electron chi connectivity index (χ2n) is 5.31. The zero-order valence-electron chi connectivity index (χ0n) is 12.7. The molecule has 1 aromatic carbocycles. The largest absolute Gasteiger partial charge is 0.350 e. The number of rotatable bonds is 5. The van der Waals surface area contributed by atoms with Crippen LogP contribution in [0, 0.1) is 0 Å². The Kier molecular flexibility index (Phi) is 8.15. The summed E-state index contributed by atoms with van der Waals surface area (Å²) in [6.45, 7) is 5.20. The van der Waals surface area contributed by atoms with Gasteiger partial charge in [-0.15, -0.1) is 12.4 Å². The second-order valence-corrected chi connectivity index (χ2v) is 6.46. The van der Waals surface area contributed by atoms with Gasteiger partial charge in [-0.05, 0) is 24.5 Å². The van der Waals surface area contributed by atoms with E-state index in [1.165, 1.54) is 11.1 Å². The molecule has 1 saturated heterocycles. The maximum Gasteiger partial charge on any atom is 0.222 e. The maximum atomic E-state index is 12.1. The van der Waals surface area contributed by atoms with Crippen LogP contribution >= 0.6 is 24.2 Å². The van der Waals surface area contributed by atoms with Gasteiger partial charge >= 0.3 is 0 Å². The van der Waals surface area contributed by atoms with Crippen LogP contribution in [-0.2, 0) is 11.2 Å². The molecule has 0 saturated carbocycles. The molecule has 0 bridgehead atoms. The van der Waals surface area contributed by atoms with Gasteiger partial charge < -0.3 is 10.6 Å². The minimum atomic E-state index is 0. The van der Waals surface area contributed by atoms with E-state index in [4.69, 9.17) is 0 Å². The summed E-state index contributed by atoms with van der Waals surface area (Å²) in [6, 6.07) is 8.89. The smallest absolute Gasteiger partial charge is 0.222 e. The average molecular weight is 329 g/mol. The van der Waals surface area contributed by atoms with Crippen LogP contribution in [-0.4, -0.2) is 30.0 Å². The summed E-state index contributed by atoms with van der Waals surface area (Å²) >= 11 is 1.92. The first-order valence-corrected chi connectivity index (χ1v) is 8.54. The molecule has 1 aliphatic rings. The highest BCUT2D eigenvalue weighted by Gasteiger charge is 2.18. The molecule has 1 amide bonds. The molecule has 1 fully saturated rings. The second kappa shape index (κ2) is 9.34. The van der Waals surface area contributed by atoms with E-state index in [0.717, 1.165) is 24.5 Å². The van der Waals surface area contributed by atoms with Gasteiger partial charge in [0.25, 0.3) is 0 Å². The molecule has 21 heavy (non-hydrogen) atoms. The van der Waals surface area contributed by atoms with Crippen LogP contribution in [0.4, 0.5) is 0 Å². The third kappa shape index (κ3) is 5.89. The fourth-order valence-electron chi connectivity index (χ4n) is 2.40. The highest BCUT2D eigenvalue weighted by atomic mass is 35.5. The van der Waals surface area contributed by atoms with Crippen LogP contribution in [0.3, 0.4) is 0 Å². The molecule has 3 nitrogen and oxygen atoms in total. The lowest BCUT2D eigenvalue weighted by Gasteiger charge is -2.23. The number of carbonyl (C=O) groups excluding carboxylic acids is 1. The molecule has 0 aromatic heterocycles. The van der Waals surface area contributed by atoms with Crippen LogP contribution in [0.2, 0.25) is 0 Å². The van der Waals surface area contributed by atoms with Crippen molar-refractivity contribution in [2.24, 2.45) is 0 Å². The van der Waals surface area contributed by atoms with Gasteiger partial charge in [0.2, 0.25) is 5.91 Å². The zero-order chi connectivity index (χ0) is 14.4. The van der Waals surface area contributed by atoms with E-state index in [2.05, 4.69) is 41.8 Å². The van der Waals surface area contributed by atoms with Gasteiger partial charge in [0, 0.05) is 30.5 Å². The summed E-state index contributed by atoms with van der Waals surface area (Å²) in [6.07, 6.45) is 1.62. The predicted octanol–water partition coefficient (Wildman–Crippen LogP) is 2.94. The third-order valence-corrected chi connectivity index (χ3v) is 4.83. The molecule has 5 heteroatoms. The Morgan fingerprint density at radius 3 is 2.71 bits per heavy atom. The Bertz CT molecular complexity index is 432. The van der Waals surface area contributed by atoms with Gasteiger partial charge in [0.1, 0.15) is 0 Å². The third-order valence-electron chi connectivity index (χ3n) is 3.70. The molecular formula is C16H25ClN2OS. The molecule has 0 spiro atoms. The number of amides is 1. The number of carbonyl (C=O) groups is 1. The SMILES string of the molecule is CCc1ccc(C(C)NC(=O)CC2CSCCN2)cc1.Cl. The summed E-state index contributed by atoms with van der Waals surface area (Å²) in [4.78, 5) is 12.1. The Hall–Kier alpha value is -0.710. The summed E-state index contributed by atoms with van der Waals surface area (Å²) in [7, 11) is 0. The van der Waals surface area contributed by atoms with Crippen molar-refractivity contribution in [2.45, 2.75) is 38.8 Å². The minimum absolute atomic E-state index is 0. The number of thioether (sulfide) groups is 1. The molecule has 2 rings (SSSR count). The van der Waals surface area contributed by atoms with E-state index < -0.39 is 0 Å². The number of aryl methyl sites for hydroxylation is 1. The summed E-state index contributed by atoms with van der Waals surface area (Å²) in [5.41, 5.74) is 2.50. The maximum absolute atomic E-state index is 12.1. The van der Waals surface area contributed by atoms with E-state index in [1.54, 1.807) is 0 Å². The Balaban J connectivity index is 0.00000220.